The lowest BCUT2D eigenvalue weighted by atomic mass is 9.70. The Balaban J connectivity index is 1.59. The van der Waals surface area contributed by atoms with Crippen LogP contribution in [-0.2, 0) is 20.9 Å². The van der Waals surface area contributed by atoms with Crippen molar-refractivity contribution in [1.82, 2.24) is 9.80 Å². The fraction of sp³-hybridized carbons (Fsp3) is 0.472. The number of hydrogen-bond acceptors (Lipinski definition) is 6. The highest BCUT2D eigenvalue weighted by molar-refractivity contribution is 9.09. The lowest BCUT2D eigenvalue weighted by Crippen LogP contribution is -2.58. The van der Waals surface area contributed by atoms with E-state index in [1.165, 1.54) is 0 Å². The monoisotopic (exact) mass is 709 g/mol. The molecule has 3 aliphatic rings. The second kappa shape index (κ2) is 14.4. The summed E-state index contributed by atoms with van der Waals surface area (Å²) < 4.78 is 4.49. The normalized spacial score (nSPS) is 27.0. The number of methoxy groups -OCH3 is 1. The smallest absolute Gasteiger partial charge is 0.251 e. The average molecular weight is 711 g/mol. The number of carbonyl (C=O) groups is 3. The molecule has 0 aromatic heterocycles. The van der Waals surface area contributed by atoms with Crippen molar-refractivity contribution >= 4 is 51.1 Å². The van der Waals surface area contributed by atoms with Crippen molar-refractivity contribution in [2.24, 2.45) is 17.8 Å². The van der Waals surface area contributed by atoms with Crippen molar-refractivity contribution in [2.45, 2.75) is 60.1 Å². The number of benzene rings is 2. The Labute approximate surface area is 285 Å². The predicted octanol–water partition coefficient (Wildman–Crippen LogP) is 5.30. The van der Waals surface area contributed by atoms with E-state index in [9.17, 15) is 19.5 Å². The third-order valence-electron chi connectivity index (χ3n) is 9.43. The van der Waals surface area contributed by atoms with Crippen LogP contribution in [0.25, 0.3) is 0 Å². The van der Waals surface area contributed by atoms with E-state index in [0.29, 0.717) is 37.4 Å². The quantitative estimate of drug-likeness (QED) is 0.212. The molecule has 46 heavy (non-hydrogen) atoms. The standard InChI is InChI=1S/C36H44BrN3O5S/c1-6-17-38(21-24-11-9-8-10-12-24)33(42)29-30-34(43)40(26(22-41)19-23(3)4)32(36(30)20-28(37)31(29)46-36)35(44)39(18-7-2)25-13-15-27(45-5)16-14-25/h6-16,23,26,28-32,41H,1-2,17-22H2,3-5H3/t26-,28?,29+,30+,31+,32?,36?/m1/s1. The van der Waals surface area contributed by atoms with Crippen LogP contribution in [-0.4, -0.2) is 86.3 Å². The molecule has 3 amide bonds. The van der Waals surface area contributed by atoms with Gasteiger partial charge in [0.05, 0.1) is 36.3 Å². The highest BCUT2D eigenvalue weighted by Gasteiger charge is 2.76. The van der Waals surface area contributed by atoms with Crippen molar-refractivity contribution < 1.29 is 24.2 Å². The highest BCUT2D eigenvalue weighted by atomic mass is 79.9. The summed E-state index contributed by atoms with van der Waals surface area (Å²) in [7, 11) is 1.59. The topological polar surface area (TPSA) is 90.4 Å². The molecule has 1 spiro atoms. The molecule has 2 aromatic carbocycles. The number of fused-ring (bicyclic) bond motifs is 1. The van der Waals surface area contributed by atoms with Crippen LogP contribution in [0.5, 0.6) is 5.75 Å². The first-order chi connectivity index (χ1) is 22.1. The number of aliphatic hydroxyl groups excluding tert-OH is 1. The molecule has 10 heteroatoms. The molecule has 2 bridgehead atoms. The van der Waals surface area contributed by atoms with Crippen molar-refractivity contribution in [3.8, 4) is 5.75 Å². The van der Waals surface area contributed by atoms with E-state index >= 15 is 0 Å². The largest absolute Gasteiger partial charge is 0.497 e. The Hall–Kier alpha value is -3.08. The number of thioether (sulfide) groups is 1. The lowest BCUT2D eigenvalue weighted by Gasteiger charge is -2.40. The van der Waals surface area contributed by atoms with Gasteiger partial charge in [-0.15, -0.1) is 24.9 Å². The maximum atomic E-state index is 15.0. The molecule has 0 radical (unpaired) electrons. The Bertz CT molecular complexity index is 1440. The molecule has 3 unspecified atom stereocenters. The van der Waals surface area contributed by atoms with Crippen molar-refractivity contribution in [2.75, 3.05) is 31.7 Å². The van der Waals surface area contributed by atoms with Crippen molar-refractivity contribution in [3.63, 3.8) is 0 Å². The van der Waals surface area contributed by atoms with E-state index in [-0.39, 0.29) is 46.9 Å². The van der Waals surface area contributed by atoms with Crippen LogP contribution in [0.4, 0.5) is 5.69 Å². The van der Waals surface area contributed by atoms with Crippen LogP contribution < -0.4 is 9.64 Å². The number of halogens is 1. The first-order valence-electron chi connectivity index (χ1n) is 15.9. The summed E-state index contributed by atoms with van der Waals surface area (Å²) in [5.41, 5.74) is 1.64. The van der Waals surface area contributed by atoms with E-state index in [1.54, 1.807) is 57.9 Å². The van der Waals surface area contributed by atoms with Crippen LogP contribution in [0, 0.1) is 17.8 Å². The maximum Gasteiger partial charge on any atom is 0.251 e. The molecule has 3 heterocycles. The summed E-state index contributed by atoms with van der Waals surface area (Å²) >= 11 is 5.49. The van der Waals surface area contributed by atoms with Gasteiger partial charge in [0.2, 0.25) is 11.8 Å². The number of hydrogen-bond donors (Lipinski definition) is 1. The summed E-state index contributed by atoms with van der Waals surface area (Å²) in [5, 5.41) is 10.5. The summed E-state index contributed by atoms with van der Waals surface area (Å²) in [6, 6.07) is 15.6. The van der Waals surface area contributed by atoms with E-state index in [1.807, 2.05) is 56.3 Å². The Kier molecular flexibility index (Phi) is 10.7. The van der Waals surface area contributed by atoms with Crippen molar-refractivity contribution in [3.05, 3.63) is 85.5 Å². The number of anilines is 1. The van der Waals surface area contributed by atoms with Gasteiger partial charge in [-0.2, -0.15) is 0 Å². The fourth-order valence-corrected chi connectivity index (χ4v) is 11.2. The molecule has 3 aliphatic heterocycles. The van der Waals surface area contributed by atoms with Crippen LogP contribution in [0.3, 0.4) is 0 Å². The third kappa shape index (κ3) is 6.16. The van der Waals surface area contributed by atoms with Gasteiger partial charge in [-0.05, 0) is 48.6 Å². The minimum atomic E-state index is -0.877. The molecule has 2 aromatic rings. The van der Waals surface area contributed by atoms with Gasteiger partial charge in [0.25, 0.3) is 5.91 Å². The van der Waals surface area contributed by atoms with Gasteiger partial charge < -0.3 is 24.5 Å². The average Bonchev–Trinajstić information content (AvgIpc) is 3.65. The third-order valence-corrected chi connectivity index (χ3v) is 12.7. The van der Waals surface area contributed by atoms with Gasteiger partial charge in [0, 0.05) is 35.4 Å². The molecule has 0 aliphatic carbocycles. The molecule has 5 rings (SSSR count). The first kappa shape index (κ1) is 34.3. The number of rotatable bonds is 14. The van der Waals surface area contributed by atoms with Crippen LogP contribution in [0.2, 0.25) is 0 Å². The Morgan fingerprint density at radius 3 is 2.37 bits per heavy atom. The zero-order chi connectivity index (χ0) is 33.2. The first-order valence-corrected chi connectivity index (χ1v) is 17.7. The van der Waals surface area contributed by atoms with E-state index in [4.69, 9.17) is 4.74 Å². The zero-order valence-corrected chi connectivity index (χ0v) is 29.2. The minimum absolute atomic E-state index is 0.0698. The molecule has 7 atom stereocenters. The summed E-state index contributed by atoms with van der Waals surface area (Å²) in [5.74, 6) is -1.08. The summed E-state index contributed by atoms with van der Waals surface area (Å²) in [4.78, 5) is 49.4. The maximum absolute atomic E-state index is 15.0. The minimum Gasteiger partial charge on any atom is -0.497 e. The molecule has 246 valence electrons. The SMILES string of the molecule is C=CCN(Cc1ccccc1)C(=O)[C@H]1[C@H]2C(=O)N([C@@H](CO)CC(C)C)C(C(=O)N(CC=C)c3ccc(OC)cc3)C23CC(Br)[C@@H]1S3. The van der Waals surface area contributed by atoms with Gasteiger partial charge in [-0.3, -0.25) is 14.4 Å². The Morgan fingerprint density at radius 2 is 1.78 bits per heavy atom. The fourth-order valence-electron chi connectivity index (χ4n) is 7.61. The lowest BCUT2D eigenvalue weighted by molar-refractivity contribution is -0.145. The molecule has 8 nitrogen and oxygen atoms in total. The molecule has 1 N–H and O–H groups in total. The Morgan fingerprint density at radius 1 is 1.11 bits per heavy atom. The molecule has 3 saturated heterocycles. The number of carbonyl (C=O) groups excluding carboxylic acids is 3. The number of likely N-dealkylation sites (tertiary alicyclic amines) is 1. The van der Waals surface area contributed by atoms with Crippen molar-refractivity contribution in [1.29, 1.82) is 0 Å². The van der Waals surface area contributed by atoms with Crippen LogP contribution >= 0.6 is 27.7 Å². The zero-order valence-electron chi connectivity index (χ0n) is 26.8. The second-order valence-electron chi connectivity index (χ2n) is 12.8. The molecular weight excluding hydrogens is 666 g/mol. The second-order valence-corrected chi connectivity index (χ2v) is 15.5. The van der Waals surface area contributed by atoms with Crippen LogP contribution in [0.1, 0.15) is 32.3 Å². The summed E-state index contributed by atoms with van der Waals surface area (Å²) in [6.07, 6.45) is 4.47. The van der Waals surface area contributed by atoms with Gasteiger partial charge in [0.1, 0.15) is 11.8 Å². The molecule has 3 fully saturated rings. The number of ether oxygens (including phenoxy) is 1. The number of amides is 3. The van der Waals surface area contributed by atoms with Gasteiger partial charge in [-0.25, -0.2) is 0 Å². The van der Waals surface area contributed by atoms with E-state index in [0.717, 1.165) is 5.56 Å². The highest BCUT2D eigenvalue weighted by Crippen LogP contribution is 2.68. The summed E-state index contributed by atoms with van der Waals surface area (Å²) in [6.45, 7) is 12.6. The van der Waals surface area contributed by atoms with E-state index < -0.39 is 28.7 Å². The molecular formula is C36H44BrN3O5S. The predicted molar refractivity (Wildman–Crippen MR) is 187 cm³/mol. The molecule has 0 saturated carbocycles. The number of aliphatic hydroxyl groups is 1. The van der Waals surface area contributed by atoms with Gasteiger partial charge in [0.15, 0.2) is 0 Å². The van der Waals surface area contributed by atoms with E-state index in [2.05, 4.69) is 29.1 Å². The van der Waals surface area contributed by atoms with Gasteiger partial charge >= 0.3 is 0 Å². The number of nitrogens with zero attached hydrogens (tertiary/aromatic N) is 3. The number of alkyl halides is 1. The van der Waals surface area contributed by atoms with Crippen LogP contribution in [0.15, 0.2) is 79.9 Å². The van der Waals surface area contributed by atoms with Gasteiger partial charge in [-0.1, -0.05) is 72.3 Å².